The zero-order valence-corrected chi connectivity index (χ0v) is 29.7. The highest BCUT2D eigenvalue weighted by Crippen LogP contribution is 2.41. The summed E-state index contributed by atoms with van der Waals surface area (Å²) in [5.41, 5.74) is 9.10. The summed E-state index contributed by atoms with van der Waals surface area (Å²) in [6, 6.07) is 61.5. The largest absolute Gasteiger partial charge is 0.456 e. The molecule has 11 rings (SSSR count). The van der Waals surface area contributed by atoms with Crippen molar-refractivity contribution in [1.29, 1.82) is 0 Å². The van der Waals surface area contributed by atoms with Crippen LogP contribution in [0.25, 0.3) is 109 Å². The molecule has 8 aromatic carbocycles. The van der Waals surface area contributed by atoms with Crippen LogP contribution in [0.2, 0.25) is 0 Å². The van der Waals surface area contributed by atoms with E-state index in [-0.39, 0.29) is 0 Å². The molecule has 0 radical (unpaired) electrons. The fraction of sp³-hybridized carbons (Fsp3) is 0. The molecule has 3 heterocycles. The fourth-order valence-electron chi connectivity index (χ4n) is 7.78. The smallest absolute Gasteiger partial charge is 0.164 e. The topological polar surface area (TPSA) is 51.8 Å². The van der Waals surface area contributed by atoms with Gasteiger partial charge >= 0.3 is 0 Å². The molecule has 0 N–H and O–H groups in total. The lowest BCUT2D eigenvalue weighted by Gasteiger charge is -2.12. The number of fused-ring (bicyclic) bond motifs is 7. The van der Waals surface area contributed by atoms with E-state index in [1.54, 1.807) is 0 Å². The van der Waals surface area contributed by atoms with Gasteiger partial charge in [0.15, 0.2) is 17.5 Å². The summed E-state index contributed by atoms with van der Waals surface area (Å²) < 4.78 is 8.90. The second kappa shape index (κ2) is 12.3. The van der Waals surface area contributed by atoms with Gasteiger partial charge in [0.1, 0.15) is 11.2 Å². The van der Waals surface area contributed by atoms with Crippen LogP contribution in [0, 0.1) is 0 Å². The zero-order chi connectivity index (χ0) is 35.6. The highest BCUT2D eigenvalue weighted by Gasteiger charge is 2.19. The van der Waals surface area contributed by atoms with Gasteiger partial charge in [-0.15, -0.1) is 11.3 Å². The van der Waals surface area contributed by atoms with Crippen LogP contribution in [0.1, 0.15) is 0 Å². The first kappa shape index (κ1) is 30.7. The minimum Gasteiger partial charge on any atom is -0.456 e. The lowest BCUT2D eigenvalue weighted by molar-refractivity contribution is 0.669. The minimum atomic E-state index is 0.602. The third-order valence-corrected chi connectivity index (χ3v) is 11.6. The molecule has 252 valence electrons. The van der Waals surface area contributed by atoms with Gasteiger partial charge in [-0.1, -0.05) is 152 Å². The van der Waals surface area contributed by atoms with Crippen LogP contribution in [0.4, 0.5) is 0 Å². The quantitative estimate of drug-likeness (QED) is 0.179. The van der Waals surface area contributed by atoms with Crippen LogP contribution in [0.3, 0.4) is 0 Å². The number of aromatic nitrogens is 3. The van der Waals surface area contributed by atoms with Gasteiger partial charge in [-0.25, -0.2) is 15.0 Å². The van der Waals surface area contributed by atoms with Gasteiger partial charge < -0.3 is 4.42 Å². The van der Waals surface area contributed by atoms with Crippen molar-refractivity contribution in [2.24, 2.45) is 0 Å². The fourth-order valence-corrected chi connectivity index (χ4v) is 9.02. The molecule has 0 saturated heterocycles. The number of thiophene rings is 1. The van der Waals surface area contributed by atoms with Crippen LogP contribution in [0.15, 0.2) is 180 Å². The number of para-hydroxylation sites is 1. The van der Waals surface area contributed by atoms with Crippen LogP contribution in [-0.2, 0) is 0 Å². The van der Waals surface area contributed by atoms with Gasteiger partial charge in [-0.2, -0.15) is 0 Å². The predicted octanol–water partition coefficient (Wildman–Crippen LogP) is 13.6. The Bertz CT molecular complexity index is 3230. The SMILES string of the molecule is c1cc(-c2ccc(-c3cccc4c3sc3ccccc34)cc2)cc(-c2nc(-c3cccc4ccccc34)nc(-c3cccc4oc5ccccc5c34)n2)c1. The van der Waals surface area contributed by atoms with E-state index in [9.17, 15) is 0 Å². The van der Waals surface area contributed by atoms with E-state index in [0.29, 0.717) is 17.5 Å². The Kier molecular flexibility index (Phi) is 7.00. The summed E-state index contributed by atoms with van der Waals surface area (Å²) in [6.07, 6.45) is 0. The van der Waals surface area contributed by atoms with Crippen LogP contribution in [-0.4, -0.2) is 15.0 Å². The maximum absolute atomic E-state index is 6.27. The Balaban J connectivity index is 1.04. The van der Waals surface area contributed by atoms with Gasteiger partial charge in [0, 0.05) is 47.6 Å². The van der Waals surface area contributed by atoms with E-state index in [2.05, 4.69) is 146 Å². The van der Waals surface area contributed by atoms with Crippen molar-refractivity contribution in [2.75, 3.05) is 0 Å². The first-order valence-electron chi connectivity index (χ1n) is 18.0. The van der Waals surface area contributed by atoms with Crippen molar-refractivity contribution in [2.45, 2.75) is 0 Å². The molecule has 0 aliphatic heterocycles. The number of furan rings is 1. The minimum absolute atomic E-state index is 0.602. The van der Waals surface area contributed by atoms with Crippen molar-refractivity contribution in [1.82, 2.24) is 15.0 Å². The molecule has 11 aromatic rings. The Hall–Kier alpha value is -6.95. The van der Waals surface area contributed by atoms with E-state index in [4.69, 9.17) is 19.4 Å². The third kappa shape index (κ3) is 5.01. The molecule has 0 saturated carbocycles. The Morgan fingerprint density at radius 2 is 0.963 bits per heavy atom. The van der Waals surface area contributed by atoms with Gasteiger partial charge in [-0.05, 0) is 57.3 Å². The summed E-state index contributed by atoms with van der Waals surface area (Å²) in [7, 11) is 0. The van der Waals surface area contributed by atoms with Gasteiger partial charge in [0.25, 0.3) is 0 Å². The molecule has 0 spiro atoms. The molecule has 54 heavy (non-hydrogen) atoms. The average Bonchev–Trinajstić information content (AvgIpc) is 3.82. The lowest BCUT2D eigenvalue weighted by atomic mass is 9.98. The Labute approximate surface area is 314 Å². The van der Waals surface area contributed by atoms with E-state index in [0.717, 1.165) is 60.5 Å². The second-order valence-electron chi connectivity index (χ2n) is 13.5. The van der Waals surface area contributed by atoms with Crippen molar-refractivity contribution in [3.63, 3.8) is 0 Å². The number of nitrogens with zero attached hydrogens (tertiary/aromatic N) is 3. The molecule has 0 amide bonds. The van der Waals surface area contributed by atoms with Crippen molar-refractivity contribution in [3.8, 4) is 56.4 Å². The predicted molar refractivity (Wildman–Crippen MR) is 225 cm³/mol. The molecule has 0 fully saturated rings. The summed E-state index contributed by atoms with van der Waals surface area (Å²) in [4.78, 5) is 15.5. The van der Waals surface area contributed by atoms with Gasteiger partial charge in [0.2, 0.25) is 0 Å². The molecule has 0 unspecified atom stereocenters. The molecule has 0 aliphatic carbocycles. The van der Waals surface area contributed by atoms with Crippen molar-refractivity contribution in [3.05, 3.63) is 176 Å². The highest BCUT2D eigenvalue weighted by molar-refractivity contribution is 7.26. The van der Waals surface area contributed by atoms with E-state index in [1.165, 1.54) is 31.3 Å². The number of hydrogen-bond acceptors (Lipinski definition) is 5. The zero-order valence-electron chi connectivity index (χ0n) is 28.9. The Morgan fingerprint density at radius 1 is 0.370 bits per heavy atom. The first-order chi connectivity index (χ1) is 26.7. The van der Waals surface area contributed by atoms with Crippen LogP contribution >= 0.6 is 11.3 Å². The monoisotopic (exact) mass is 707 g/mol. The first-order valence-corrected chi connectivity index (χ1v) is 18.8. The molecule has 0 aliphatic rings. The summed E-state index contributed by atoms with van der Waals surface area (Å²) in [5.74, 6) is 1.84. The normalized spacial score (nSPS) is 11.7. The molecule has 5 heteroatoms. The molecular formula is C49H29N3OS. The summed E-state index contributed by atoms with van der Waals surface area (Å²) in [6.45, 7) is 0. The maximum atomic E-state index is 6.27. The summed E-state index contributed by atoms with van der Waals surface area (Å²) in [5, 5.41) is 6.88. The molecule has 0 bridgehead atoms. The van der Waals surface area contributed by atoms with Crippen LogP contribution in [0.5, 0.6) is 0 Å². The maximum Gasteiger partial charge on any atom is 0.164 e. The van der Waals surface area contributed by atoms with Gasteiger partial charge in [-0.3, -0.25) is 0 Å². The standard InChI is InChI=1S/C49H29N3OS/c1-2-15-35-31(11-1)12-8-20-39(35)48-50-47(51-49(52-48)41-21-10-23-43-45(41)40-17-3-5-22-42(40)53-43)34-14-7-13-33(29-34)30-25-27-32(28-26-30)36-18-9-19-38-37-16-4-6-24-44(37)54-46(36)38/h1-29H. The van der Waals surface area contributed by atoms with Crippen molar-refractivity contribution < 1.29 is 4.42 Å². The molecule has 4 nitrogen and oxygen atoms in total. The number of benzene rings is 8. The second-order valence-corrected chi connectivity index (χ2v) is 14.6. The molecular weight excluding hydrogens is 679 g/mol. The molecule has 3 aromatic heterocycles. The lowest BCUT2D eigenvalue weighted by Crippen LogP contribution is -2.01. The third-order valence-electron chi connectivity index (χ3n) is 10.4. The van der Waals surface area contributed by atoms with Crippen molar-refractivity contribution >= 4 is 64.2 Å². The van der Waals surface area contributed by atoms with E-state index < -0.39 is 0 Å². The number of rotatable bonds is 5. The van der Waals surface area contributed by atoms with E-state index in [1.807, 2.05) is 41.7 Å². The average molecular weight is 708 g/mol. The molecule has 0 atom stereocenters. The number of hydrogen-bond donors (Lipinski definition) is 0. The van der Waals surface area contributed by atoms with E-state index >= 15 is 0 Å². The summed E-state index contributed by atoms with van der Waals surface area (Å²) >= 11 is 1.86. The Morgan fingerprint density at radius 3 is 1.87 bits per heavy atom. The highest BCUT2D eigenvalue weighted by atomic mass is 32.1. The van der Waals surface area contributed by atoms with Gasteiger partial charge in [0.05, 0.1) is 0 Å². The van der Waals surface area contributed by atoms with Crippen LogP contribution < -0.4 is 0 Å².